The van der Waals surface area contributed by atoms with Gasteiger partial charge in [0, 0.05) is 26.2 Å². The summed E-state index contributed by atoms with van der Waals surface area (Å²) < 4.78 is 13.9. The highest BCUT2D eigenvalue weighted by Crippen LogP contribution is 2.26. The molecule has 1 saturated heterocycles. The van der Waals surface area contributed by atoms with Crippen molar-refractivity contribution in [2.24, 2.45) is 0 Å². The lowest BCUT2D eigenvalue weighted by Gasteiger charge is -2.36. The van der Waals surface area contributed by atoms with Crippen LogP contribution in [0.15, 0.2) is 66.7 Å². The van der Waals surface area contributed by atoms with E-state index in [2.05, 4.69) is 0 Å². The average Bonchev–Trinajstić information content (AvgIpc) is 2.80. The molecule has 1 N–H and O–H groups in total. The van der Waals surface area contributed by atoms with Crippen molar-refractivity contribution in [3.05, 3.63) is 94.8 Å². The van der Waals surface area contributed by atoms with E-state index in [9.17, 15) is 19.6 Å². The maximum absolute atomic E-state index is 13.9. The second-order valence-corrected chi connectivity index (χ2v) is 7.54. The first kappa shape index (κ1) is 20.4. The van der Waals surface area contributed by atoms with Crippen LogP contribution in [0.5, 0.6) is 5.75 Å². The fourth-order valence-corrected chi connectivity index (χ4v) is 3.90. The first-order valence-corrected chi connectivity index (χ1v) is 10.2. The number of hydrogen-bond donors (Lipinski definition) is 1. The van der Waals surface area contributed by atoms with E-state index >= 15 is 0 Å². The van der Waals surface area contributed by atoms with E-state index in [-0.39, 0.29) is 22.8 Å². The molecule has 0 atom stereocenters. The monoisotopic (exact) mass is 415 g/mol. The zero-order valence-corrected chi connectivity index (χ0v) is 17.0. The van der Waals surface area contributed by atoms with Crippen molar-refractivity contribution in [2.75, 3.05) is 31.1 Å². The smallest absolute Gasteiger partial charge is 0.257 e. The molecular formula is C25H22FN3O2. The maximum atomic E-state index is 13.9. The van der Waals surface area contributed by atoms with Gasteiger partial charge in [-0.2, -0.15) is 5.26 Å². The Labute approximate surface area is 180 Å². The number of carbonyl (C=O) groups excluding carboxylic acids is 1. The van der Waals surface area contributed by atoms with Gasteiger partial charge in [-0.15, -0.1) is 0 Å². The molecule has 1 heterocycles. The molecule has 1 amide bonds. The summed E-state index contributed by atoms with van der Waals surface area (Å²) >= 11 is 0. The number of amides is 1. The highest BCUT2D eigenvalue weighted by molar-refractivity contribution is 5.97. The van der Waals surface area contributed by atoms with Crippen LogP contribution < -0.4 is 4.90 Å². The summed E-state index contributed by atoms with van der Waals surface area (Å²) in [4.78, 5) is 16.7. The molecule has 1 aliphatic rings. The van der Waals surface area contributed by atoms with Crippen LogP contribution >= 0.6 is 0 Å². The zero-order valence-electron chi connectivity index (χ0n) is 17.0. The Balaban J connectivity index is 1.47. The van der Waals surface area contributed by atoms with Gasteiger partial charge in [-0.1, -0.05) is 42.5 Å². The number of piperazine rings is 1. The van der Waals surface area contributed by atoms with Crippen LogP contribution in [0.25, 0.3) is 0 Å². The lowest BCUT2D eigenvalue weighted by Crippen LogP contribution is -2.49. The molecule has 5 nitrogen and oxygen atoms in total. The molecule has 0 bridgehead atoms. The lowest BCUT2D eigenvalue weighted by molar-refractivity contribution is 0.0743. The van der Waals surface area contributed by atoms with E-state index < -0.39 is 5.82 Å². The van der Waals surface area contributed by atoms with Gasteiger partial charge in [-0.05, 0) is 41.8 Å². The Hall–Kier alpha value is -3.85. The summed E-state index contributed by atoms with van der Waals surface area (Å²) in [5, 5.41) is 19.6. The number of rotatable bonds is 4. The minimum absolute atomic E-state index is 0.0218. The highest BCUT2D eigenvalue weighted by atomic mass is 19.1. The fourth-order valence-electron chi connectivity index (χ4n) is 3.90. The van der Waals surface area contributed by atoms with Crippen LogP contribution in [0, 0.1) is 17.1 Å². The van der Waals surface area contributed by atoms with Crippen molar-refractivity contribution in [1.82, 2.24) is 4.90 Å². The van der Waals surface area contributed by atoms with Gasteiger partial charge in [0.15, 0.2) is 0 Å². The van der Waals surface area contributed by atoms with E-state index in [0.29, 0.717) is 38.3 Å². The topological polar surface area (TPSA) is 67.6 Å². The summed E-state index contributed by atoms with van der Waals surface area (Å²) in [6, 6.07) is 21.6. The van der Waals surface area contributed by atoms with Crippen LogP contribution in [-0.4, -0.2) is 42.1 Å². The predicted octanol–water partition coefficient (Wildman–Crippen LogP) is 3.96. The third-order valence-electron chi connectivity index (χ3n) is 5.55. The second-order valence-electron chi connectivity index (χ2n) is 7.54. The normalized spacial score (nSPS) is 13.7. The number of halogens is 1. The standard InChI is InChI=1S/C25H22FN3O2/c26-22-7-4-8-23(21(22)17-27)28-11-13-29(14-12-28)25(31)20-16-19(9-10-24(20)30)15-18-5-2-1-3-6-18/h1-10,16,30H,11-15H2. The summed E-state index contributed by atoms with van der Waals surface area (Å²) in [6.07, 6.45) is 0.672. The number of phenolic OH excluding ortho intramolecular Hbond substituents is 1. The van der Waals surface area contributed by atoms with Crippen molar-refractivity contribution in [3.63, 3.8) is 0 Å². The van der Waals surface area contributed by atoms with Gasteiger partial charge in [0.2, 0.25) is 0 Å². The lowest BCUT2D eigenvalue weighted by atomic mass is 10.0. The van der Waals surface area contributed by atoms with Gasteiger partial charge >= 0.3 is 0 Å². The third kappa shape index (κ3) is 4.36. The molecule has 31 heavy (non-hydrogen) atoms. The number of anilines is 1. The first-order chi connectivity index (χ1) is 15.1. The van der Waals surface area contributed by atoms with Crippen molar-refractivity contribution in [1.29, 1.82) is 5.26 Å². The van der Waals surface area contributed by atoms with Gasteiger partial charge in [-0.3, -0.25) is 4.79 Å². The first-order valence-electron chi connectivity index (χ1n) is 10.2. The highest BCUT2D eigenvalue weighted by Gasteiger charge is 2.26. The van der Waals surface area contributed by atoms with Gasteiger partial charge in [0.1, 0.15) is 23.2 Å². The number of nitriles is 1. The zero-order chi connectivity index (χ0) is 21.8. The summed E-state index contributed by atoms with van der Waals surface area (Å²) in [6.45, 7) is 1.80. The molecule has 0 saturated carbocycles. The number of hydrogen-bond acceptors (Lipinski definition) is 4. The molecule has 0 spiro atoms. The van der Waals surface area contributed by atoms with Crippen LogP contribution in [-0.2, 0) is 6.42 Å². The van der Waals surface area contributed by atoms with Crippen LogP contribution in [0.4, 0.5) is 10.1 Å². The van der Waals surface area contributed by atoms with Gasteiger partial charge in [0.05, 0.1) is 11.3 Å². The Kier molecular flexibility index (Phi) is 5.85. The minimum atomic E-state index is -0.543. The molecular weight excluding hydrogens is 393 g/mol. The number of benzene rings is 3. The largest absolute Gasteiger partial charge is 0.507 e. The van der Waals surface area contributed by atoms with Crippen molar-refractivity contribution in [2.45, 2.75) is 6.42 Å². The number of phenols is 1. The van der Waals surface area contributed by atoms with Gasteiger partial charge < -0.3 is 14.9 Å². The molecule has 1 fully saturated rings. The number of carbonyl (C=O) groups is 1. The summed E-state index contributed by atoms with van der Waals surface area (Å²) in [7, 11) is 0. The van der Waals surface area contributed by atoms with E-state index in [0.717, 1.165) is 11.1 Å². The minimum Gasteiger partial charge on any atom is -0.507 e. The van der Waals surface area contributed by atoms with Crippen LogP contribution in [0.2, 0.25) is 0 Å². The molecule has 4 rings (SSSR count). The van der Waals surface area contributed by atoms with Crippen molar-refractivity contribution >= 4 is 11.6 Å². The van der Waals surface area contributed by atoms with E-state index in [1.165, 1.54) is 6.07 Å². The average molecular weight is 415 g/mol. The SMILES string of the molecule is N#Cc1c(F)cccc1N1CCN(C(=O)c2cc(Cc3ccccc3)ccc2O)CC1. The van der Waals surface area contributed by atoms with Crippen LogP contribution in [0.3, 0.4) is 0 Å². The molecule has 3 aromatic carbocycles. The van der Waals surface area contributed by atoms with Gasteiger partial charge in [-0.25, -0.2) is 4.39 Å². The van der Waals surface area contributed by atoms with E-state index in [4.69, 9.17) is 0 Å². The molecule has 1 aliphatic heterocycles. The Bertz CT molecular complexity index is 1130. The number of aromatic hydroxyl groups is 1. The summed E-state index contributed by atoms with van der Waals surface area (Å²) in [5.41, 5.74) is 2.93. The molecule has 0 radical (unpaired) electrons. The Morgan fingerprint density at radius 1 is 0.968 bits per heavy atom. The molecule has 156 valence electrons. The van der Waals surface area contributed by atoms with Crippen molar-refractivity contribution < 1.29 is 14.3 Å². The quantitative estimate of drug-likeness (QED) is 0.701. The fraction of sp³-hybridized carbons (Fsp3) is 0.200. The molecule has 3 aromatic rings. The third-order valence-corrected chi connectivity index (χ3v) is 5.55. The Morgan fingerprint density at radius 2 is 1.71 bits per heavy atom. The molecule has 0 unspecified atom stereocenters. The van der Waals surface area contributed by atoms with Gasteiger partial charge in [0.25, 0.3) is 5.91 Å². The molecule has 6 heteroatoms. The predicted molar refractivity (Wildman–Crippen MR) is 117 cm³/mol. The summed E-state index contributed by atoms with van der Waals surface area (Å²) in [5.74, 6) is -0.813. The molecule has 0 aliphatic carbocycles. The Morgan fingerprint density at radius 3 is 2.42 bits per heavy atom. The van der Waals surface area contributed by atoms with E-state index in [1.54, 1.807) is 29.2 Å². The number of nitrogens with zero attached hydrogens (tertiary/aromatic N) is 3. The van der Waals surface area contributed by atoms with Crippen LogP contribution in [0.1, 0.15) is 27.0 Å². The van der Waals surface area contributed by atoms with E-state index in [1.807, 2.05) is 47.4 Å². The van der Waals surface area contributed by atoms with Crippen molar-refractivity contribution in [3.8, 4) is 11.8 Å². The molecule has 0 aromatic heterocycles. The maximum Gasteiger partial charge on any atom is 0.257 e. The second kappa shape index (κ2) is 8.88.